The number of rotatable bonds is 6. The van der Waals surface area contributed by atoms with Gasteiger partial charge in [-0.05, 0) is 31.5 Å². The summed E-state index contributed by atoms with van der Waals surface area (Å²) in [6.07, 6.45) is 0.228. The number of amides is 1. The highest BCUT2D eigenvalue weighted by molar-refractivity contribution is 6.30. The first-order valence-electron chi connectivity index (χ1n) is 6.23. The van der Waals surface area contributed by atoms with E-state index in [4.69, 9.17) is 16.3 Å². The summed E-state index contributed by atoms with van der Waals surface area (Å²) >= 11 is 5.89. The van der Waals surface area contributed by atoms with Crippen molar-refractivity contribution in [3.05, 3.63) is 34.9 Å². The van der Waals surface area contributed by atoms with Crippen molar-refractivity contribution in [2.45, 2.75) is 32.7 Å². The van der Waals surface area contributed by atoms with Gasteiger partial charge in [0, 0.05) is 11.4 Å². The Morgan fingerprint density at radius 2 is 2.11 bits per heavy atom. The lowest BCUT2D eigenvalue weighted by molar-refractivity contribution is -0.144. The van der Waals surface area contributed by atoms with E-state index in [1.807, 2.05) is 19.1 Å². The van der Waals surface area contributed by atoms with Gasteiger partial charge in [-0.15, -0.1) is 0 Å². The summed E-state index contributed by atoms with van der Waals surface area (Å²) in [7, 11) is 0. The van der Waals surface area contributed by atoms with E-state index in [0.29, 0.717) is 11.6 Å². The van der Waals surface area contributed by atoms with Crippen LogP contribution in [0.2, 0.25) is 5.02 Å². The van der Waals surface area contributed by atoms with Gasteiger partial charge in [0.05, 0.1) is 19.1 Å². The number of hydrogen-bond donors (Lipinski definition) is 1. The van der Waals surface area contributed by atoms with E-state index in [1.54, 1.807) is 19.1 Å². The van der Waals surface area contributed by atoms with Gasteiger partial charge in [0.25, 0.3) is 0 Å². The number of esters is 1. The van der Waals surface area contributed by atoms with Crippen LogP contribution < -0.4 is 5.32 Å². The first-order chi connectivity index (χ1) is 9.02. The molecule has 0 aliphatic rings. The first kappa shape index (κ1) is 15.5. The lowest BCUT2D eigenvalue weighted by Gasteiger charge is -2.14. The summed E-state index contributed by atoms with van der Waals surface area (Å²) in [5, 5.41) is 3.45. The largest absolute Gasteiger partial charge is 0.466 e. The lowest BCUT2D eigenvalue weighted by atomic mass is 10.1. The van der Waals surface area contributed by atoms with E-state index in [-0.39, 0.29) is 30.8 Å². The molecule has 0 aliphatic carbocycles. The third-order valence-corrected chi connectivity index (χ3v) is 2.82. The zero-order valence-electron chi connectivity index (χ0n) is 11.1. The van der Waals surface area contributed by atoms with Gasteiger partial charge in [0.2, 0.25) is 5.91 Å². The molecule has 1 rings (SSSR count). The minimum atomic E-state index is -0.354. The van der Waals surface area contributed by atoms with E-state index in [2.05, 4.69) is 5.32 Å². The molecule has 0 saturated carbocycles. The molecular formula is C14H18ClNO3. The Hall–Kier alpha value is -1.55. The maximum absolute atomic E-state index is 11.7. The second-order valence-corrected chi connectivity index (χ2v) is 4.59. The van der Waals surface area contributed by atoms with Gasteiger partial charge in [-0.25, -0.2) is 0 Å². The molecule has 1 amide bonds. The normalized spacial score (nSPS) is 11.7. The summed E-state index contributed by atoms with van der Waals surface area (Å²) in [5.74, 6) is -0.534. The van der Waals surface area contributed by atoms with E-state index in [9.17, 15) is 9.59 Å². The molecule has 0 heterocycles. The van der Waals surface area contributed by atoms with E-state index in [1.165, 1.54) is 0 Å². The first-order valence-corrected chi connectivity index (χ1v) is 6.61. The standard InChI is InChI=1S/C14H18ClNO3/c1-3-19-14(18)8-7-13(17)16-10(2)11-5-4-6-12(15)9-11/h4-6,9-10H,3,7-8H2,1-2H3,(H,16,17)/t10-/m1/s1. The summed E-state index contributed by atoms with van der Waals surface area (Å²) in [5.41, 5.74) is 0.928. The molecule has 4 nitrogen and oxygen atoms in total. The molecule has 19 heavy (non-hydrogen) atoms. The predicted octanol–water partition coefficient (Wildman–Crippen LogP) is 2.86. The van der Waals surface area contributed by atoms with Crippen LogP contribution in [0.4, 0.5) is 0 Å². The molecule has 1 atom stereocenters. The predicted molar refractivity (Wildman–Crippen MR) is 73.9 cm³/mol. The van der Waals surface area contributed by atoms with Gasteiger partial charge in [-0.3, -0.25) is 9.59 Å². The van der Waals surface area contributed by atoms with Crippen LogP contribution in [0.3, 0.4) is 0 Å². The lowest BCUT2D eigenvalue weighted by Crippen LogP contribution is -2.27. The Balaban J connectivity index is 2.42. The van der Waals surface area contributed by atoms with E-state index in [0.717, 1.165) is 5.56 Å². The van der Waals surface area contributed by atoms with Crippen molar-refractivity contribution in [2.24, 2.45) is 0 Å². The maximum Gasteiger partial charge on any atom is 0.306 e. The SMILES string of the molecule is CCOC(=O)CCC(=O)N[C@H](C)c1cccc(Cl)c1. The average Bonchev–Trinajstić information content (AvgIpc) is 2.36. The molecule has 1 aromatic carbocycles. The Morgan fingerprint density at radius 3 is 2.74 bits per heavy atom. The third kappa shape index (κ3) is 5.75. The fourth-order valence-electron chi connectivity index (χ4n) is 1.62. The molecule has 5 heteroatoms. The second kappa shape index (κ2) is 7.79. The number of benzene rings is 1. The number of halogens is 1. The average molecular weight is 284 g/mol. The van der Waals surface area contributed by atoms with E-state index >= 15 is 0 Å². The zero-order chi connectivity index (χ0) is 14.3. The molecule has 0 aromatic heterocycles. The van der Waals surface area contributed by atoms with Crippen molar-refractivity contribution in [3.8, 4) is 0 Å². The molecule has 1 N–H and O–H groups in total. The van der Waals surface area contributed by atoms with Gasteiger partial charge < -0.3 is 10.1 Å². The van der Waals surface area contributed by atoms with Crippen LogP contribution in [0.15, 0.2) is 24.3 Å². The number of ether oxygens (including phenoxy) is 1. The Morgan fingerprint density at radius 1 is 1.37 bits per heavy atom. The van der Waals surface area contributed by atoms with Crippen LogP contribution in [0.25, 0.3) is 0 Å². The number of hydrogen-bond acceptors (Lipinski definition) is 3. The molecule has 0 unspecified atom stereocenters. The van der Waals surface area contributed by atoms with Crippen molar-refractivity contribution in [3.63, 3.8) is 0 Å². The fourth-order valence-corrected chi connectivity index (χ4v) is 1.82. The van der Waals surface area contributed by atoms with Crippen molar-refractivity contribution >= 4 is 23.5 Å². The molecule has 0 spiro atoms. The van der Waals surface area contributed by atoms with Crippen LogP contribution in [-0.4, -0.2) is 18.5 Å². The Bertz CT molecular complexity index is 448. The molecule has 0 bridgehead atoms. The fraction of sp³-hybridized carbons (Fsp3) is 0.429. The zero-order valence-corrected chi connectivity index (χ0v) is 11.9. The third-order valence-electron chi connectivity index (χ3n) is 2.59. The van der Waals surface area contributed by atoms with Crippen LogP contribution in [0.5, 0.6) is 0 Å². The molecule has 0 radical (unpaired) electrons. The number of carbonyl (C=O) groups is 2. The van der Waals surface area contributed by atoms with Crippen LogP contribution in [0, 0.1) is 0 Å². The quantitative estimate of drug-likeness (QED) is 0.817. The van der Waals surface area contributed by atoms with E-state index < -0.39 is 0 Å². The molecular weight excluding hydrogens is 266 g/mol. The summed E-state index contributed by atoms with van der Waals surface area (Å²) in [6.45, 7) is 3.94. The van der Waals surface area contributed by atoms with Gasteiger partial charge >= 0.3 is 5.97 Å². The summed E-state index contributed by atoms with van der Waals surface area (Å²) < 4.78 is 4.76. The highest BCUT2D eigenvalue weighted by atomic mass is 35.5. The van der Waals surface area contributed by atoms with Crippen LogP contribution in [0.1, 0.15) is 38.3 Å². The monoisotopic (exact) mass is 283 g/mol. The van der Waals surface area contributed by atoms with Gasteiger partial charge in [0.15, 0.2) is 0 Å². The topological polar surface area (TPSA) is 55.4 Å². The van der Waals surface area contributed by atoms with Gasteiger partial charge in [-0.1, -0.05) is 23.7 Å². The Kier molecular flexibility index (Phi) is 6.36. The molecule has 0 fully saturated rings. The smallest absolute Gasteiger partial charge is 0.306 e. The number of nitrogens with one attached hydrogen (secondary N) is 1. The molecule has 0 saturated heterocycles. The second-order valence-electron chi connectivity index (χ2n) is 4.15. The van der Waals surface area contributed by atoms with Crippen molar-refractivity contribution in [2.75, 3.05) is 6.61 Å². The summed E-state index contributed by atoms with van der Waals surface area (Å²) in [6, 6.07) is 7.16. The number of carbonyl (C=O) groups excluding carboxylic acids is 2. The molecule has 1 aromatic rings. The molecule has 104 valence electrons. The van der Waals surface area contributed by atoms with Crippen molar-refractivity contribution < 1.29 is 14.3 Å². The minimum absolute atomic E-state index is 0.0991. The highest BCUT2D eigenvalue weighted by Crippen LogP contribution is 2.17. The van der Waals surface area contributed by atoms with Crippen molar-refractivity contribution in [1.29, 1.82) is 0 Å². The van der Waals surface area contributed by atoms with Crippen LogP contribution in [-0.2, 0) is 14.3 Å². The van der Waals surface area contributed by atoms with Gasteiger partial charge in [-0.2, -0.15) is 0 Å². The highest BCUT2D eigenvalue weighted by Gasteiger charge is 2.11. The maximum atomic E-state index is 11.7. The van der Waals surface area contributed by atoms with Crippen LogP contribution >= 0.6 is 11.6 Å². The summed E-state index contributed by atoms with van der Waals surface area (Å²) in [4.78, 5) is 22.8. The van der Waals surface area contributed by atoms with Crippen molar-refractivity contribution in [1.82, 2.24) is 5.32 Å². The van der Waals surface area contributed by atoms with Gasteiger partial charge in [0.1, 0.15) is 0 Å². The minimum Gasteiger partial charge on any atom is -0.466 e. The Labute approximate surface area is 118 Å². The molecule has 0 aliphatic heterocycles.